The molecule has 1 unspecified atom stereocenters. The standard InChI is InChI=1S/C12H18N4O2/c1-7(2)4-10(17)5-9-6-11-14-15-12(18)16(11)8(3)13-9/h6-7,10,17H,4-5H2,1-3H3,(H,15,18). The van der Waals surface area contributed by atoms with E-state index in [1.165, 1.54) is 4.40 Å². The van der Waals surface area contributed by atoms with Crippen molar-refractivity contribution in [3.8, 4) is 0 Å². The largest absolute Gasteiger partial charge is 0.393 e. The third-order valence-electron chi connectivity index (χ3n) is 2.81. The minimum absolute atomic E-state index is 0.288. The molecule has 0 spiro atoms. The minimum Gasteiger partial charge on any atom is -0.393 e. The normalized spacial score (nSPS) is 13.4. The number of hydrogen-bond donors (Lipinski definition) is 2. The van der Waals surface area contributed by atoms with Gasteiger partial charge in [0.25, 0.3) is 0 Å². The van der Waals surface area contributed by atoms with Gasteiger partial charge in [-0.25, -0.2) is 19.3 Å². The zero-order valence-corrected chi connectivity index (χ0v) is 10.8. The van der Waals surface area contributed by atoms with E-state index in [1.54, 1.807) is 13.0 Å². The highest BCUT2D eigenvalue weighted by atomic mass is 16.3. The lowest BCUT2D eigenvalue weighted by Crippen LogP contribution is -2.17. The third-order valence-corrected chi connectivity index (χ3v) is 2.81. The van der Waals surface area contributed by atoms with Crippen LogP contribution in [0.2, 0.25) is 0 Å². The van der Waals surface area contributed by atoms with E-state index in [1.807, 2.05) is 0 Å². The smallest absolute Gasteiger partial charge is 0.349 e. The van der Waals surface area contributed by atoms with Crippen molar-refractivity contribution in [2.24, 2.45) is 5.92 Å². The van der Waals surface area contributed by atoms with Gasteiger partial charge in [-0.3, -0.25) is 0 Å². The number of aryl methyl sites for hydroxylation is 1. The summed E-state index contributed by atoms with van der Waals surface area (Å²) in [6.45, 7) is 5.89. The molecule has 0 fully saturated rings. The first-order valence-electron chi connectivity index (χ1n) is 6.09. The van der Waals surface area contributed by atoms with Crippen molar-refractivity contribution in [2.75, 3.05) is 0 Å². The van der Waals surface area contributed by atoms with E-state index in [0.717, 1.165) is 12.1 Å². The third kappa shape index (κ3) is 2.59. The van der Waals surface area contributed by atoms with E-state index >= 15 is 0 Å². The molecule has 1 atom stereocenters. The van der Waals surface area contributed by atoms with Gasteiger partial charge in [0.05, 0.1) is 6.10 Å². The summed E-state index contributed by atoms with van der Waals surface area (Å²) >= 11 is 0. The molecule has 0 saturated heterocycles. The fourth-order valence-corrected chi connectivity index (χ4v) is 2.13. The quantitative estimate of drug-likeness (QED) is 0.835. The van der Waals surface area contributed by atoms with E-state index in [9.17, 15) is 9.90 Å². The van der Waals surface area contributed by atoms with Gasteiger partial charge in [-0.1, -0.05) is 13.8 Å². The molecule has 18 heavy (non-hydrogen) atoms. The van der Waals surface area contributed by atoms with Crippen molar-refractivity contribution in [1.82, 2.24) is 19.6 Å². The molecular formula is C12H18N4O2. The van der Waals surface area contributed by atoms with Crippen molar-refractivity contribution in [2.45, 2.75) is 39.7 Å². The van der Waals surface area contributed by atoms with Crippen molar-refractivity contribution < 1.29 is 5.11 Å². The van der Waals surface area contributed by atoms with Crippen LogP contribution in [0.1, 0.15) is 31.8 Å². The van der Waals surface area contributed by atoms with Gasteiger partial charge in [0.2, 0.25) is 0 Å². The van der Waals surface area contributed by atoms with Crippen LogP contribution in [0.4, 0.5) is 0 Å². The molecule has 2 aromatic heterocycles. The highest BCUT2D eigenvalue weighted by Crippen LogP contribution is 2.11. The number of aromatic amines is 1. The average Bonchev–Trinajstić information content (AvgIpc) is 2.58. The van der Waals surface area contributed by atoms with Crippen LogP contribution in [0.5, 0.6) is 0 Å². The summed E-state index contributed by atoms with van der Waals surface area (Å²) in [4.78, 5) is 15.8. The average molecular weight is 250 g/mol. The Balaban J connectivity index is 2.27. The second kappa shape index (κ2) is 4.89. The molecule has 0 aliphatic carbocycles. The lowest BCUT2D eigenvalue weighted by atomic mass is 10.0. The molecule has 0 aromatic carbocycles. The topological polar surface area (TPSA) is 83.3 Å². The van der Waals surface area contributed by atoms with Gasteiger partial charge in [-0.05, 0) is 19.3 Å². The molecular weight excluding hydrogens is 232 g/mol. The molecule has 6 heteroatoms. The Morgan fingerprint density at radius 3 is 2.89 bits per heavy atom. The van der Waals surface area contributed by atoms with E-state index in [4.69, 9.17) is 0 Å². The van der Waals surface area contributed by atoms with Gasteiger partial charge < -0.3 is 5.11 Å². The number of rotatable bonds is 4. The summed E-state index contributed by atoms with van der Waals surface area (Å²) in [6.07, 6.45) is 0.806. The summed E-state index contributed by atoms with van der Waals surface area (Å²) < 4.78 is 1.42. The first-order chi connectivity index (χ1) is 8.47. The zero-order chi connectivity index (χ0) is 13.3. The number of H-pyrrole nitrogens is 1. The maximum absolute atomic E-state index is 11.4. The predicted molar refractivity (Wildman–Crippen MR) is 67.5 cm³/mol. The van der Waals surface area contributed by atoms with Crippen molar-refractivity contribution in [3.63, 3.8) is 0 Å². The van der Waals surface area contributed by atoms with Gasteiger partial charge in [-0.2, -0.15) is 5.10 Å². The number of nitrogens with one attached hydrogen (secondary N) is 1. The van der Waals surface area contributed by atoms with E-state index in [-0.39, 0.29) is 5.69 Å². The van der Waals surface area contributed by atoms with Crippen LogP contribution < -0.4 is 5.69 Å². The molecule has 2 rings (SSSR count). The summed E-state index contributed by atoms with van der Waals surface area (Å²) in [6, 6.07) is 1.73. The number of hydrogen-bond acceptors (Lipinski definition) is 4. The minimum atomic E-state index is -0.412. The van der Waals surface area contributed by atoms with Crippen LogP contribution in [-0.2, 0) is 6.42 Å². The maximum atomic E-state index is 11.4. The Morgan fingerprint density at radius 1 is 1.50 bits per heavy atom. The van der Waals surface area contributed by atoms with Crippen LogP contribution in [0.15, 0.2) is 10.9 Å². The number of nitrogens with zero attached hydrogens (tertiary/aromatic N) is 3. The van der Waals surface area contributed by atoms with E-state index < -0.39 is 6.10 Å². The van der Waals surface area contributed by atoms with Gasteiger partial charge in [0.1, 0.15) is 5.82 Å². The Hall–Kier alpha value is -1.69. The van der Waals surface area contributed by atoms with E-state index in [0.29, 0.717) is 23.8 Å². The van der Waals surface area contributed by atoms with Crippen molar-refractivity contribution in [3.05, 3.63) is 28.1 Å². The molecule has 0 saturated carbocycles. The number of aliphatic hydroxyl groups excluding tert-OH is 1. The number of aromatic nitrogens is 4. The van der Waals surface area contributed by atoms with Crippen molar-refractivity contribution in [1.29, 1.82) is 0 Å². The first-order valence-corrected chi connectivity index (χ1v) is 6.09. The van der Waals surface area contributed by atoms with Gasteiger partial charge >= 0.3 is 5.69 Å². The lowest BCUT2D eigenvalue weighted by molar-refractivity contribution is 0.148. The Morgan fingerprint density at radius 2 is 2.22 bits per heavy atom. The van der Waals surface area contributed by atoms with Crippen LogP contribution in [0.25, 0.3) is 5.65 Å². The molecule has 2 N–H and O–H groups in total. The summed E-state index contributed by atoms with van der Waals surface area (Å²) in [7, 11) is 0. The van der Waals surface area contributed by atoms with E-state index in [2.05, 4.69) is 29.0 Å². The number of fused-ring (bicyclic) bond motifs is 1. The van der Waals surface area contributed by atoms with Gasteiger partial charge in [-0.15, -0.1) is 0 Å². The SMILES string of the molecule is Cc1nc(CC(O)CC(C)C)cc2n[nH]c(=O)n12. The Bertz CT molecular complexity index is 600. The molecule has 6 nitrogen and oxygen atoms in total. The molecule has 2 aromatic rings. The first kappa shape index (κ1) is 12.8. The fourth-order valence-electron chi connectivity index (χ4n) is 2.13. The fraction of sp³-hybridized carbons (Fsp3) is 0.583. The van der Waals surface area contributed by atoms with Crippen LogP contribution >= 0.6 is 0 Å². The lowest BCUT2D eigenvalue weighted by Gasteiger charge is -2.12. The second-order valence-corrected chi connectivity index (χ2v) is 5.00. The maximum Gasteiger partial charge on any atom is 0.349 e. The zero-order valence-electron chi connectivity index (χ0n) is 10.8. The summed E-state index contributed by atoms with van der Waals surface area (Å²) in [5.41, 5.74) is 1.01. The highest BCUT2D eigenvalue weighted by molar-refractivity contribution is 5.38. The number of aliphatic hydroxyl groups is 1. The summed E-state index contributed by atoms with van der Waals surface area (Å²) in [5.74, 6) is 1.02. The molecule has 0 aliphatic heterocycles. The van der Waals surface area contributed by atoms with Crippen molar-refractivity contribution >= 4 is 5.65 Å². The second-order valence-electron chi connectivity index (χ2n) is 5.00. The van der Waals surface area contributed by atoms with Gasteiger partial charge in [0.15, 0.2) is 5.65 Å². The Kier molecular flexibility index (Phi) is 3.47. The molecule has 0 bridgehead atoms. The Labute approximate surface area is 105 Å². The molecule has 2 heterocycles. The predicted octanol–water partition coefficient (Wildman–Crippen LogP) is 0.676. The molecule has 0 aliphatic rings. The van der Waals surface area contributed by atoms with Crippen LogP contribution in [0.3, 0.4) is 0 Å². The molecule has 0 amide bonds. The summed E-state index contributed by atoms with van der Waals surface area (Å²) in [5, 5.41) is 16.2. The highest BCUT2D eigenvalue weighted by Gasteiger charge is 2.12. The monoisotopic (exact) mass is 250 g/mol. The van der Waals surface area contributed by atoms with Gasteiger partial charge in [0, 0.05) is 18.2 Å². The molecule has 98 valence electrons. The van der Waals surface area contributed by atoms with Crippen LogP contribution in [0, 0.1) is 12.8 Å². The molecule has 0 radical (unpaired) electrons. The van der Waals surface area contributed by atoms with Crippen LogP contribution in [-0.4, -0.2) is 30.8 Å².